The number of anilines is 1. The van der Waals surface area contributed by atoms with Gasteiger partial charge in [0.25, 0.3) is 0 Å². The topological polar surface area (TPSA) is 55.6 Å². The van der Waals surface area contributed by atoms with Gasteiger partial charge in [-0.1, -0.05) is 6.07 Å². The van der Waals surface area contributed by atoms with Crippen molar-refractivity contribution < 1.29 is 9.53 Å². The van der Waals surface area contributed by atoms with Crippen LogP contribution >= 0.6 is 0 Å². The number of nitrogens with zero attached hydrogens (tertiary/aromatic N) is 1. The summed E-state index contributed by atoms with van der Waals surface area (Å²) in [6, 6.07) is 5.84. The Labute approximate surface area is 120 Å². The molecule has 0 bridgehead atoms. The maximum absolute atomic E-state index is 12.2. The molecule has 4 nitrogen and oxygen atoms in total. The van der Waals surface area contributed by atoms with Crippen molar-refractivity contribution in [3.8, 4) is 5.75 Å². The minimum Gasteiger partial charge on any atom is -0.495 e. The van der Waals surface area contributed by atoms with E-state index in [0.717, 1.165) is 24.9 Å². The number of piperidine rings is 1. The summed E-state index contributed by atoms with van der Waals surface area (Å²) in [6.07, 6.45) is 6.83. The molecule has 1 amide bonds. The molecule has 4 heteroatoms. The second-order valence-electron chi connectivity index (χ2n) is 5.21. The quantitative estimate of drug-likeness (QED) is 0.681. The van der Waals surface area contributed by atoms with Gasteiger partial charge < -0.3 is 15.4 Å². The van der Waals surface area contributed by atoms with Crippen LogP contribution in [0.15, 0.2) is 24.3 Å². The van der Waals surface area contributed by atoms with Crippen molar-refractivity contribution in [3.05, 3.63) is 29.8 Å². The molecule has 0 aliphatic carbocycles. The van der Waals surface area contributed by atoms with Crippen LogP contribution in [0.1, 0.15) is 31.7 Å². The van der Waals surface area contributed by atoms with Gasteiger partial charge in [-0.15, -0.1) is 0 Å². The number of carbonyl (C=O) groups excluding carboxylic acids is 1. The fourth-order valence-corrected chi connectivity index (χ4v) is 2.55. The van der Waals surface area contributed by atoms with Gasteiger partial charge in [0.15, 0.2) is 0 Å². The lowest BCUT2D eigenvalue weighted by molar-refractivity contribution is -0.129. The van der Waals surface area contributed by atoms with E-state index in [-0.39, 0.29) is 5.91 Å². The molecule has 0 radical (unpaired) electrons. The average Bonchev–Trinajstić information content (AvgIpc) is 2.45. The van der Waals surface area contributed by atoms with E-state index in [4.69, 9.17) is 10.5 Å². The molecule has 1 saturated heterocycles. The van der Waals surface area contributed by atoms with Gasteiger partial charge in [-0.05, 0) is 50.0 Å². The van der Waals surface area contributed by atoms with Crippen LogP contribution < -0.4 is 10.5 Å². The number of methoxy groups -OCH3 is 1. The van der Waals surface area contributed by atoms with Crippen molar-refractivity contribution in [1.29, 1.82) is 0 Å². The van der Waals surface area contributed by atoms with E-state index in [1.54, 1.807) is 19.3 Å². The Morgan fingerprint density at radius 1 is 1.45 bits per heavy atom. The summed E-state index contributed by atoms with van der Waals surface area (Å²) in [4.78, 5) is 14.1. The zero-order valence-electron chi connectivity index (χ0n) is 12.1. The van der Waals surface area contributed by atoms with Crippen molar-refractivity contribution in [3.63, 3.8) is 0 Å². The van der Waals surface area contributed by atoms with Gasteiger partial charge in [0.1, 0.15) is 5.75 Å². The second-order valence-corrected chi connectivity index (χ2v) is 5.21. The molecule has 0 aromatic heterocycles. The smallest absolute Gasteiger partial charge is 0.246 e. The van der Waals surface area contributed by atoms with Gasteiger partial charge in [0.2, 0.25) is 5.91 Å². The molecule has 20 heavy (non-hydrogen) atoms. The number of likely N-dealkylation sites (tertiary alicyclic amines) is 1. The number of ether oxygens (including phenoxy) is 1. The van der Waals surface area contributed by atoms with E-state index in [0.29, 0.717) is 17.5 Å². The van der Waals surface area contributed by atoms with E-state index < -0.39 is 0 Å². The van der Waals surface area contributed by atoms with Crippen molar-refractivity contribution in [1.82, 2.24) is 4.90 Å². The molecular weight excluding hydrogens is 252 g/mol. The standard InChI is InChI=1S/C16H22N2O2/c1-12-5-3-4-10-18(12)16(19)9-7-13-6-8-15(20-2)14(17)11-13/h6-9,11-12H,3-5,10,17H2,1-2H3/b9-7-. The third-order valence-electron chi connectivity index (χ3n) is 3.76. The minimum absolute atomic E-state index is 0.0755. The van der Waals surface area contributed by atoms with Gasteiger partial charge in [0.05, 0.1) is 12.8 Å². The van der Waals surface area contributed by atoms with Crippen LogP contribution in [-0.2, 0) is 4.79 Å². The molecule has 1 aromatic carbocycles. The molecule has 1 heterocycles. The summed E-state index contributed by atoms with van der Waals surface area (Å²) < 4.78 is 5.11. The Kier molecular flexibility index (Phi) is 4.66. The highest BCUT2D eigenvalue weighted by Crippen LogP contribution is 2.23. The Balaban J connectivity index is 2.05. The Morgan fingerprint density at radius 3 is 2.90 bits per heavy atom. The predicted molar refractivity (Wildman–Crippen MR) is 81.5 cm³/mol. The van der Waals surface area contributed by atoms with Crippen LogP contribution in [-0.4, -0.2) is 30.5 Å². The molecular formula is C16H22N2O2. The highest BCUT2D eigenvalue weighted by molar-refractivity contribution is 5.92. The van der Waals surface area contributed by atoms with Gasteiger partial charge in [-0.2, -0.15) is 0 Å². The van der Waals surface area contributed by atoms with Crippen LogP contribution in [0.25, 0.3) is 6.08 Å². The van der Waals surface area contributed by atoms with Gasteiger partial charge in [-0.25, -0.2) is 0 Å². The zero-order valence-corrected chi connectivity index (χ0v) is 12.1. The van der Waals surface area contributed by atoms with Gasteiger partial charge in [0, 0.05) is 18.7 Å². The number of amides is 1. The molecule has 1 aliphatic rings. The zero-order chi connectivity index (χ0) is 14.5. The van der Waals surface area contributed by atoms with Crippen LogP contribution in [0, 0.1) is 0 Å². The van der Waals surface area contributed by atoms with Crippen molar-refractivity contribution in [2.75, 3.05) is 19.4 Å². The molecule has 2 rings (SSSR count). The Morgan fingerprint density at radius 2 is 2.25 bits per heavy atom. The fourth-order valence-electron chi connectivity index (χ4n) is 2.55. The summed E-state index contributed by atoms with van der Waals surface area (Å²) in [6.45, 7) is 2.96. The summed E-state index contributed by atoms with van der Waals surface area (Å²) >= 11 is 0. The summed E-state index contributed by atoms with van der Waals surface area (Å²) in [5, 5.41) is 0. The minimum atomic E-state index is 0.0755. The van der Waals surface area contributed by atoms with E-state index in [2.05, 4.69) is 6.92 Å². The average molecular weight is 274 g/mol. The van der Waals surface area contributed by atoms with E-state index in [1.165, 1.54) is 6.42 Å². The molecule has 1 aromatic rings. The number of nitrogens with two attached hydrogens (primary N) is 1. The summed E-state index contributed by atoms with van der Waals surface area (Å²) in [5.74, 6) is 0.727. The normalized spacial score (nSPS) is 19.3. The molecule has 0 saturated carbocycles. The molecule has 0 spiro atoms. The number of nitrogen functional groups attached to an aromatic ring is 1. The first kappa shape index (κ1) is 14.4. The summed E-state index contributed by atoms with van der Waals surface area (Å²) in [5.41, 5.74) is 7.33. The molecule has 1 fully saturated rings. The first-order chi connectivity index (χ1) is 9.61. The van der Waals surface area contributed by atoms with Crippen LogP contribution in [0.4, 0.5) is 5.69 Å². The second kappa shape index (κ2) is 6.46. The number of benzene rings is 1. The lowest BCUT2D eigenvalue weighted by Gasteiger charge is -2.32. The third-order valence-corrected chi connectivity index (χ3v) is 3.76. The van der Waals surface area contributed by atoms with Crippen LogP contribution in [0.5, 0.6) is 5.75 Å². The summed E-state index contributed by atoms with van der Waals surface area (Å²) in [7, 11) is 1.59. The van der Waals surface area contributed by atoms with Gasteiger partial charge >= 0.3 is 0 Å². The molecule has 108 valence electrons. The highest BCUT2D eigenvalue weighted by atomic mass is 16.5. The predicted octanol–water partition coefficient (Wildman–Crippen LogP) is 2.69. The SMILES string of the molecule is COc1ccc(/C=C\C(=O)N2CCCCC2C)cc1N. The number of rotatable bonds is 3. The van der Waals surface area contributed by atoms with Crippen LogP contribution in [0.3, 0.4) is 0 Å². The largest absolute Gasteiger partial charge is 0.495 e. The van der Waals surface area contributed by atoms with Crippen molar-refractivity contribution >= 4 is 17.7 Å². The lowest BCUT2D eigenvalue weighted by atomic mass is 10.0. The fraction of sp³-hybridized carbons (Fsp3) is 0.438. The monoisotopic (exact) mass is 274 g/mol. The molecule has 1 aliphatic heterocycles. The molecule has 1 atom stereocenters. The number of hydrogen-bond acceptors (Lipinski definition) is 3. The van der Waals surface area contributed by atoms with E-state index >= 15 is 0 Å². The maximum atomic E-state index is 12.2. The lowest BCUT2D eigenvalue weighted by Crippen LogP contribution is -2.41. The number of hydrogen-bond donors (Lipinski definition) is 1. The number of carbonyl (C=O) groups is 1. The first-order valence-electron chi connectivity index (χ1n) is 7.04. The van der Waals surface area contributed by atoms with E-state index in [1.807, 2.05) is 23.1 Å². The molecule has 1 unspecified atom stereocenters. The van der Waals surface area contributed by atoms with Crippen molar-refractivity contribution in [2.24, 2.45) is 0 Å². The maximum Gasteiger partial charge on any atom is 0.246 e. The van der Waals surface area contributed by atoms with Crippen LogP contribution in [0.2, 0.25) is 0 Å². The third kappa shape index (κ3) is 3.32. The first-order valence-corrected chi connectivity index (χ1v) is 7.04. The molecule has 2 N–H and O–H groups in total. The van der Waals surface area contributed by atoms with E-state index in [9.17, 15) is 4.79 Å². The van der Waals surface area contributed by atoms with Crippen molar-refractivity contribution in [2.45, 2.75) is 32.2 Å². The van der Waals surface area contributed by atoms with Gasteiger partial charge in [-0.3, -0.25) is 4.79 Å². The Hall–Kier alpha value is -1.97. The highest BCUT2D eigenvalue weighted by Gasteiger charge is 2.21. The Bertz CT molecular complexity index is 511.